The molecule has 0 aromatic carbocycles. The molecular formula is C9H20O2Sn. The predicted octanol–water partition coefficient (Wildman–Crippen LogP) is 2.83. The molecule has 0 saturated carbocycles. The maximum Gasteiger partial charge on any atom is 0.290 e. The first kappa shape index (κ1) is 14.8. The van der Waals surface area contributed by atoms with Gasteiger partial charge in [0, 0.05) is 0 Å². The Bertz CT molecular complexity index is 70.9. The molecule has 0 rings (SSSR count). The average Bonchev–Trinajstić information content (AvgIpc) is 2.06. The van der Waals surface area contributed by atoms with Crippen molar-refractivity contribution >= 4 is 27.6 Å². The first-order valence-electron chi connectivity index (χ1n) is 4.62. The van der Waals surface area contributed by atoms with Crippen molar-refractivity contribution in [2.45, 2.75) is 48.4 Å². The second-order valence-electron chi connectivity index (χ2n) is 2.56. The molecule has 0 spiro atoms. The maximum atomic E-state index is 8.36. The van der Waals surface area contributed by atoms with Crippen LogP contribution in [0.25, 0.3) is 0 Å². The van der Waals surface area contributed by atoms with Crippen molar-refractivity contribution < 1.29 is 9.90 Å². The van der Waals surface area contributed by atoms with Gasteiger partial charge in [0.05, 0.1) is 0 Å². The summed E-state index contributed by atoms with van der Waals surface area (Å²) in [5, 5.41) is 6.89. The molecule has 0 amide bonds. The van der Waals surface area contributed by atoms with Crippen molar-refractivity contribution in [3.05, 3.63) is 0 Å². The van der Waals surface area contributed by atoms with Crippen molar-refractivity contribution in [3.8, 4) is 0 Å². The smallest absolute Gasteiger partial charge is 0.290 e. The van der Waals surface area contributed by atoms with Gasteiger partial charge in [-0.25, -0.2) is 0 Å². The molecule has 3 heteroatoms. The van der Waals surface area contributed by atoms with Gasteiger partial charge < -0.3 is 5.11 Å². The standard InChI is InChI=1S/2C4H9.CH2O2.Sn/c2*1-3-4-2;2-1-3;/h2*1,3-4H2,2H3;1H,(H,2,3);. The van der Waals surface area contributed by atoms with Crippen molar-refractivity contribution in [1.29, 1.82) is 0 Å². The molecule has 12 heavy (non-hydrogen) atoms. The molecular weight excluding hydrogens is 259 g/mol. The molecule has 0 aromatic heterocycles. The number of hydrogen-bond donors (Lipinski definition) is 1. The van der Waals surface area contributed by atoms with Crippen LogP contribution in [-0.2, 0) is 4.79 Å². The summed E-state index contributed by atoms with van der Waals surface area (Å²) in [5.74, 6) is 0. The minimum atomic E-state index is -0.250. The molecule has 0 atom stereocenters. The van der Waals surface area contributed by atoms with Gasteiger partial charge in [0.25, 0.3) is 6.47 Å². The van der Waals surface area contributed by atoms with Gasteiger partial charge in [0.15, 0.2) is 0 Å². The summed E-state index contributed by atoms with van der Waals surface area (Å²) < 4.78 is 3.25. The summed E-state index contributed by atoms with van der Waals surface area (Å²) in [6.07, 6.45) is 5.84. The third-order valence-electron chi connectivity index (χ3n) is 1.41. The van der Waals surface area contributed by atoms with E-state index in [1.165, 1.54) is 25.7 Å². The van der Waals surface area contributed by atoms with E-state index in [1.54, 1.807) is 8.87 Å². The van der Waals surface area contributed by atoms with Crippen LogP contribution in [0.3, 0.4) is 0 Å². The van der Waals surface area contributed by atoms with Crippen LogP contribution in [-0.4, -0.2) is 32.7 Å². The van der Waals surface area contributed by atoms with E-state index in [-0.39, 0.29) is 27.6 Å². The Labute approximate surface area is 86.0 Å². The molecule has 2 nitrogen and oxygen atoms in total. The molecule has 0 heterocycles. The fraction of sp³-hybridized carbons (Fsp3) is 0.889. The molecule has 0 aromatic rings. The van der Waals surface area contributed by atoms with E-state index in [2.05, 4.69) is 13.8 Å². The van der Waals surface area contributed by atoms with Crippen molar-refractivity contribution in [2.24, 2.45) is 0 Å². The fourth-order valence-electron chi connectivity index (χ4n) is 0.729. The van der Waals surface area contributed by atoms with Gasteiger partial charge in [0.2, 0.25) is 0 Å². The van der Waals surface area contributed by atoms with Gasteiger partial charge in [-0.2, -0.15) is 0 Å². The molecule has 0 saturated heterocycles. The molecule has 0 aliphatic rings. The minimum absolute atomic E-state index is 0.149. The first-order valence-corrected chi connectivity index (χ1v) is 8.65. The largest absolute Gasteiger partial charge is 0.483 e. The van der Waals surface area contributed by atoms with Crippen LogP contribution in [0.2, 0.25) is 8.87 Å². The Morgan fingerprint density at radius 2 is 1.50 bits per heavy atom. The molecule has 0 aliphatic heterocycles. The molecule has 72 valence electrons. The van der Waals surface area contributed by atoms with E-state index in [9.17, 15) is 0 Å². The zero-order valence-corrected chi connectivity index (χ0v) is 11.0. The maximum absolute atomic E-state index is 8.36. The quantitative estimate of drug-likeness (QED) is 0.461. The monoisotopic (exact) mass is 280 g/mol. The van der Waals surface area contributed by atoms with Crippen molar-refractivity contribution in [2.75, 3.05) is 0 Å². The van der Waals surface area contributed by atoms with Crippen molar-refractivity contribution in [1.82, 2.24) is 0 Å². The second kappa shape index (κ2) is 17.4. The van der Waals surface area contributed by atoms with Gasteiger partial charge in [0.1, 0.15) is 0 Å². The number of carbonyl (C=O) groups is 1. The molecule has 0 fully saturated rings. The molecule has 0 aliphatic carbocycles. The van der Waals surface area contributed by atoms with E-state index in [4.69, 9.17) is 9.90 Å². The van der Waals surface area contributed by atoms with E-state index >= 15 is 0 Å². The zero-order chi connectivity index (χ0) is 9.66. The Balaban J connectivity index is 0. The second-order valence-corrected chi connectivity index (χ2v) is 6.84. The SMILES string of the molecule is CCC[CH2][Sn][CH2]CCC.O=CO. The summed E-state index contributed by atoms with van der Waals surface area (Å²) in [5.41, 5.74) is 0. The van der Waals surface area contributed by atoms with Gasteiger partial charge >= 0.3 is 69.5 Å². The van der Waals surface area contributed by atoms with Crippen LogP contribution in [0.5, 0.6) is 0 Å². The fourth-order valence-corrected chi connectivity index (χ4v) is 4.89. The Morgan fingerprint density at radius 3 is 1.75 bits per heavy atom. The van der Waals surface area contributed by atoms with E-state index in [0.29, 0.717) is 0 Å². The number of unbranched alkanes of at least 4 members (excludes halogenated alkanes) is 2. The number of rotatable bonds is 6. The van der Waals surface area contributed by atoms with Crippen molar-refractivity contribution in [3.63, 3.8) is 0 Å². The third-order valence-corrected chi connectivity index (χ3v) is 5.45. The third kappa shape index (κ3) is 22.4. The average molecular weight is 279 g/mol. The molecule has 0 unspecified atom stereocenters. The number of hydrogen-bond acceptors (Lipinski definition) is 1. The zero-order valence-electron chi connectivity index (χ0n) is 8.18. The van der Waals surface area contributed by atoms with Crippen LogP contribution in [0.4, 0.5) is 0 Å². The van der Waals surface area contributed by atoms with Crippen LogP contribution in [0.1, 0.15) is 39.5 Å². The van der Waals surface area contributed by atoms with E-state index in [1.807, 2.05) is 0 Å². The summed E-state index contributed by atoms with van der Waals surface area (Å²) >= 11 is 0.149. The Hall–Kier alpha value is 0.269. The Morgan fingerprint density at radius 1 is 1.17 bits per heavy atom. The van der Waals surface area contributed by atoms with Crippen LogP contribution in [0.15, 0.2) is 0 Å². The van der Waals surface area contributed by atoms with E-state index < -0.39 is 0 Å². The van der Waals surface area contributed by atoms with Crippen LogP contribution < -0.4 is 0 Å². The van der Waals surface area contributed by atoms with Gasteiger partial charge in [-0.3, -0.25) is 4.79 Å². The molecule has 1 N–H and O–H groups in total. The number of carboxylic acid groups (broad SMARTS) is 1. The topological polar surface area (TPSA) is 37.3 Å². The first-order chi connectivity index (χ1) is 5.83. The summed E-state index contributed by atoms with van der Waals surface area (Å²) in [7, 11) is 0. The van der Waals surface area contributed by atoms with Crippen LogP contribution in [0, 0.1) is 0 Å². The molecule has 0 bridgehead atoms. The van der Waals surface area contributed by atoms with Gasteiger partial charge in [-0.1, -0.05) is 0 Å². The summed E-state index contributed by atoms with van der Waals surface area (Å²) in [4.78, 5) is 8.36. The minimum Gasteiger partial charge on any atom is -0.483 e. The van der Waals surface area contributed by atoms with Crippen LogP contribution >= 0.6 is 0 Å². The molecule has 2 radical (unpaired) electrons. The Kier molecular flexibility index (Phi) is 21.4. The van der Waals surface area contributed by atoms with Gasteiger partial charge in [-0.05, 0) is 0 Å². The summed E-state index contributed by atoms with van der Waals surface area (Å²) in [6.45, 7) is 4.33. The van der Waals surface area contributed by atoms with Gasteiger partial charge in [-0.15, -0.1) is 0 Å². The van der Waals surface area contributed by atoms with E-state index in [0.717, 1.165) is 0 Å². The normalized spacial score (nSPS) is 8.50. The predicted molar refractivity (Wildman–Crippen MR) is 53.9 cm³/mol. The summed E-state index contributed by atoms with van der Waals surface area (Å²) in [6, 6.07) is 0.